The predicted molar refractivity (Wildman–Crippen MR) is 150 cm³/mol. The molecule has 0 aromatic carbocycles. The van der Waals surface area contributed by atoms with E-state index in [-0.39, 0.29) is 50.6 Å². The Morgan fingerprint density at radius 2 is 1.07 bits per heavy atom. The van der Waals surface area contributed by atoms with E-state index in [4.69, 9.17) is 9.47 Å². The van der Waals surface area contributed by atoms with E-state index in [0.717, 1.165) is 25.7 Å². The van der Waals surface area contributed by atoms with Gasteiger partial charge < -0.3 is 41.4 Å². The van der Waals surface area contributed by atoms with Gasteiger partial charge in [-0.25, -0.2) is 0 Å². The first kappa shape index (κ1) is 35.8. The van der Waals surface area contributed by atoms with Crippen LogP contribution in [0.4, 0.5) is 0 Å². The van der Waals surface area contributed by atoms with Crippen molar-refractivity contribution < 1.29 is 38.2 Å². The van der Waals surface area contributed by atoms with E-state index in [0.29, 0.717) is 13.1 Å². The van der Waals surface area contributed by atoms with E-state index < -0.39 is 41.4 Å². The summed E-state index contributed by atoms with van der Waals surface area (Å²) in [7, 11) is 0. The third-order valence-electron chi connectivity index (χ3n) is 6.23. The zero-order valence-corrected chi connectivity index (χ0v) is 25.0. The van der Waals surface area contributed by atoms with Crippen LogP contribution in [-0.4, -0.2) is 99.1 Å². The van der Waals surface area contributed by atoms with E-state index in [2.05, 4.69) is 31.9 Å². The second-order valence-electron chi connectivity index (χ2n) is 11.2. The summed E-state index contributed by atoms with van der Waals surface area (Å²) >= 11 is 0. The topological polar surface area (TPSA) is 193 Å². The zero-order valence-electron chi connectivity index (χ0n) is 25.0. The van der Waals surface area contributed by atoms with Crippen LogP contribution in [0.3, 0.4) is 0 Å². The minimum absolute atomic E-state index is 0.0653. The highest BCUT2D eigenvalue weighted by Crippen LogP contribution is 2.24. The Labute approximate surface area is 242 Å². The highest BCUT2D eigenvalue weighted by molar-refractivity contribution is 5.91. The Morgan fingerprint density at radius 1 is 0.610 bits per heavy atom. The van der Waals surface area contributed by atoms with E-state index in [9.17, 15) is 28.8 Å². The summed E-state index contributed by atoms with van der Waals surface area (Å²) in [5.74, 6) is -2.51. The van der Waals surface area contributed by atoms with Crippen LogP contribution in [0, 0.1) is 5.92 Å². The van der Waals surface area contributed by atoms with Gasteiger partial charge in [0, 0.05) is 19.0 Å². The number of hydrogen-bond acceptors (Lipinski definition) is 8. The van der Waals surface area contributed by atoms with Gasteiger partial charge in [0.05, 0.1) is 44.0 Å². The lowest BCUT2D eigenvalue weighted by Gasteiger charge is -2.32. The normalized spacial score (nSPS) is 14.0. The van der Waals surface area contributed by atoms with Crippen LogP contribution in [0.15, 0.2) is 0 Å². The van der Waals surface area contributed by atoms with Gasteiger partial charge in [-0.1, -0.05) is 19.3 Å². The molecule has 0 unspecified atom stereocenters. The van der Waals surface area contributed by atoms with Crippen molar-refractivity contribution in [3.05, 3.63) is 0 Å². The van der Waals surface area contributed by atoms with Crippen LogP contribution in [0.25, 0.3) is 0 Å². The maximum Gasteiger partial charge on any atom is 0.246 e. The first-order valence-electron chi connectivity index (χ1n) is 14.1. The molecule has 1 aliphatic carbocycles. The van der Waals surface area contributed by atoms with E-state index in [1.165, 1.54) is 6.42 Å². The first-order valence-corrected chi connectivity index (χ1v) is 14.1. The molecule has 0 heterocycles. The molecule has 0 atom stereocenters. The van der Waals surface area contributed by atoms with Gasteiger partial charge in [-0.3, -0.25) is 28.8 Å². The Balaban J connectivity index is 2.21. The lowest BCUT2D eigenvalue weighted by Crippen LogP contribution is -2.47. The molecule has 1 aliphatic rings. The van der Waals surface area contributed by atoms with Gasteiger partial charge in [-0.05, 0) is 47.5 Å². The van der Waals surface area contributed by atoms with Crippen LogP contribution in [0.5, 0.6) is 0 Å². The number of ether oxygens (including phenoxy) is 2. The molecule has 1 rings (SSSR count). The van der Waals surface area contributed by atoms with Crippen LogP contribution in [0.1, 0.15) is 66.7 Å². The maximum atomic E-state index is 12.4. The number of amides is 6. The van der Waals surface area contributed by atoms with Crippen molar-refractivity contribution in [1.82, 2.24) is 31.9 Å². The van der Waals surface area contributed by atoms with Crippen molar-refractivity contribution in [2.45, 2.75) is 77.9 Å². The van der Waals surface area contributed by atoms with E-state index in [1.54, 1.807) is 20.8 Å². The van der Waals surface area contributed by atoms with Crippen molar-refractivity contribution in [3.63, 3.8) is 0 Å². The Hall–Kier alpha value is -3.26. The number of likely N-dealkylation sites (N-methyl/N-ethyl adjacent to an activating group) is 1. The smallest absolute Gasteiger partial charge is 0.246 e. The van der Waals surface area contributed by atoms with Crippen LogP contribution < -0.4 is 31.9 Å². The van der Waals surface area contributed by atoms with Crippen LogP contribution in [-0.2, 0) is 38.2 Å². The fourth-order valence-corrected chi connectivity index (χ4v) is 3.75. The molecular weight excluding hydrogens is 536 g/mol. The average molecular weight is 585 g/mol. The minimum atomic E-state index is -0.811. The molecule has 0 aromatic rings. The molecule has 6 N–H and O–H groups in total. The summed E-state index contributed by atoms with van der Waals surface area (Å²) < 4.78 is 11.6. The monoisotopic (exact) mass is 584 g/mol. The molecule has 1 saturated carbocycles. The van der Waals surface area contributed by atoms with Gasteiger partial charge in [0.2, 0.25) is 35.4 Å². The van der Waals surface area contributed by atoms with Crippen molar-refractivity contribution >= 4 is 35.4 Å². The predicted octanol–water partition coefficient (Wildman–Crippen LogP) is -1.13. The molecule has 14 nitrogen and oxygen atoms in total. The standard InChI is InChI=1S/C27H48N6O8/c1-6-28-20(34)12-29-21(35)13-30-22(36)14-31-23(37)15-32-24(38)16-40-27(4,5)18-41-26(2,3)17-33-25(39)19-10-8-7-9-11-19/h19H,6-18H2,1-5H3,(H,28,34)(H,29,35)(H,30,36)(H,31,37)(H,32,38)(H,33,39). The average Bonchev–Trinajstić information content (AvgIpc) is 2.94. The van der Waals surface area contributed by atoms with Gasteiger partial charge in [0.25, 0.3) is 0 Å². The molecular formula is C27H48N6O8. The molecule has 41 heavy (non-hydrogen) atoms. The summed E-state index contributed by atoms with van der Waals surface area (Å²) in [5, 5.41) is 14.9. The molecule has 14 heteroatoms. The highest BCUT2D eigenvalue weighted by atomic mass is 16.6. The number of carbonyl (C=O) groups excluding carboxylic acids is 6. The third-order valence-corrected chi connectivity index (χ3v) is 6.23. The third kappa shape index (κ3) is 17.2. The Bertz CT molecular complexity index is 902. The molecule has 0 aliphatic heterocycles. The fraction of sp³-hybridized carbons (Fsp3) is 0.778. The Morgan fingerprint density at radius 3 is 1.56 bits per heavy atom. The molecule has 0 aromatic heterocycles. The summed E-state index contributed by atoms with van der Waals surface area (Å²) in [6, 6.07) is 0. The van der Waals surface area contributed by atoms with Gasteiger partial charge in [0.15, 0.2) is 0 Å². The number of hydrogen-bond donors (Lipinski definition) is 6. The summed E-state index contributed by atoms with van der Waals surface area (Å²) in [5.41, 5.74) is -1.44. The van der Waals surface area contributed by atoms with Gasteiger partial charge >= 0.3 is 0 Å². The second kappa shape index (κ2) is 18.2. The van der Waals surface area contributed by atoms with Crippen molar-refractivity contribution in [3.8, 4) is 0 Å². The largest absolute Gasteiger partial charge is 0.371 e. The van der Waals surface area contributed by atoms with E-state index in [1.807, 2.05) is 13.8 Å². The lowest BCUT2D eigenvalue weighted by atomic mass is 9.88. The molecule has 0 saturated heterocycles. The minimum Gasteiger partial charge on any atom is -0.371 e. The number of carbonyl (C=O) groups is 6. The molecule has 0 radical (unpaired) electrons. The zero-order chi connectivity index (χ0) is 30.9. The molecule has 234 valence electrons. The van der Waals surface area contributed by atoms with E-state index >= 15 is 0 Å². The molecule has 0 spiro atoms. The highest BCUT2D eigenvalue weighted by Gasteiger charge is 2.28. The second-order valence-corrected chi connectivity index (χ2v) is 11.2. The Kier molecular flexibility index (Phi) is 15.9. The summed E-state index contributed by atoms with van der Waals surface area (Å²) in [6.07, 6.45) is 5.21. The first-order chi connectivity index (χ1) is 19.2. The van der Waals surface area contributed by atoms with Gasteiger partial charge in [0.1, 0.15) is 6.61 Å². The summed E-state index contributed by atoms with van der Waals surface area (Å²) in [6.45, 7) is 8.37. The van der Waals surface area contributed by atoms with Gasteiger partial charge in [-0.15, -0.1) is 0 Å². The molecule has 6 amide bonds. The SMILES string of the molecule is CCNC(=O)CNC(=O)CNC(=O)CNC(=O)CNC(=O)COC(C)(C)COC(C)(C)CNC(=O)C1CCCCC1. The van der Waals surface area contributed by atoms with Crippen molar-refractivity contribution in [2.24, 2.45) is 5.92 Å². The van der Waals surface area contributed by atoms with Crippen LogP contribution in [0.2, 0.25) is 0 Å². The van der Waals surface area contributed by atoms with Crippen LogP contribution >= 0.6 is 0 Å². The van der Waals surface area contributed by atoms with Gasteiger partial charge in [-0.2, -0.15) is 0 Å². The fourth-order valence-electron chi connectivity index (χ4n) is 3.75. The summed E-state index contributed by atoms with van der Waals surface area (Å²) in [4.78, 5) is 71.2. The molecule has 1 fully saturated rings. The molecule has 0 bridgehead atoms. The number of nitrogens with one attached hydrogen (secondary N) is 6. The quantitative estimate of drug-likeness (QED) is 0.117. The lowest BCUT2D eigenvalue weighted by molar-refractivity contribution is -0.145. The maximum absolute atomic E-state index is 12.4. The van der Waals surface area contributed by atoms with Crippen molar-refractivity contribution in [2.75, 3.05) is 52.5 Å². The number of rotatable bonds is 18. The van der Waals surface area contributed by atoms with Crippen molar-refractivity contribution in [1.29, 1.82) is 0 Å².